The normalized spacial score (nSPS) is 10.3. The fourth-order valence-electron chi connectivity index (χ4n) is 2.34. The molecule has 0 bridgehead atoms. The molecule has 1 aromatic heterocycles. The van der Waals surface area contributed by atoms with Crippen LogP contribution in [0.25, 0.3) is 0 Å². The minimum absolute atomic E-state index is 0.242. The second-order valence-electron chi connectivity index (χ2n) is 5.90. The molecule has 27 heavy (non-hydrogen) atoms. The summed E-state index contributed by atoms with van der Waals surface area (Å²) in [5, 5.41) is 10.1. The summed E-state index contributed by atoms with van der Waals surface area (Å²) in [7, 11) is 0. The van der Waals surface area contributed by atoms with Gasteiger partial charge in [-0.3, -0.25) is 10.1 Å². The number of hydrogen-bond donors (Lipinski definition) is 3. The maximum absolute atomic E-state index is 12.3. The van der Waals surface area contributed by atoms with Gasteiger partial charge < -0.3 is 10.6 Å². The number of amides is 3. The van der Waals surface area contributed by atoms with Crippen LogP contribution in [0.1, 0.15) is 21.6 Å². The van der Waals surface area contributed by atoms with Crippen molar-refractivity contribution < 1.29 is 9.59 Å². The van der Waals surface area contributed by atoms with Gasteiger partial charge in [-0.05, 0) is 55.3 Å². The number of rotatable bonds is 4. The van der Waals surface area contributed by atoms with Crippen LogP contribution in [0.2, 0.25) is 0 Å². The molecule has 0 atom stereocenters. The van der Waals surface area contributed by atoms with Crippen LogP contribution in [0.15, 0.2) is 52.3 Å². The average Bonchev–Trinajstić information content (AvgIpc) is 3.06. The molecule has 0 unspecified atom stereocenters. The molecule has 138 valence electrons. The zero-order valence-corrected chi connectivity index (χ0v) is 17.1. The Kier molecular flexibility index (Phi) is 5.88. The third kappa shape index (κ3) is 5.15. The number of carbonyl (C=O) groups is 2. The van der Waals surface area contributed by atoms with E-state index in [1.807, 2.05) is 44.2 Å². The van der Waals surface area contributed by atoms with E-state index < -0.39 is 6.03 Å². The number of thiazole rings is 1. The smallest absolute Gasteiger partial charge is 0.321 e. The lowest BCUT2D eigenvalue weighted by atomic mass is 10.2. The lowest BCUT2D eigenvalue weighted by Gasteiger charge is -2.06. The van der Waals surface area contributed by atoms with Gasteiger partial charge in [-0.25, -0.2) is 9.78 Å². The van der Waals surface area contributed by atoms with Gasteiger partial charge in [0.05, 0.1) is 0 Å². The van der Waals surface area contributed by atoms with Crippen LogP contribution in [0.3, 0.4) is 0 Å². The lowest BCUT2D eigenvalue weighted by molar-refractivity contribution is 0.102. The SMILES string of the molecule is Cc1cccc(NC(=O)Nc2nc(C(=O)Nc3ccc(Br)c(C)c3)cs2)c1. The van der Waals surface area contributed by atoms with Crippen LogP contribution in [0.5, 0.6) is 0 Å². The van der Waals surface area contributed by atoms with Gasteiger partial charge in [-0.2, -0.15) is 0 Å². The first-order valence-corrected chi connectivity index (χ1v) is 9.75. The van der Waals surface area contributed by atoms with E-state index in [-0.39, 0.29) is 11.6 Å². The van der Waals surface area contributed by atoms with E-state index in [1.54, 1.807) is 17.5 Å². The van der Waals surface area contributed by atoms with Crippen molar-refractivity contribution in [1.29, 1.82) is 0 Å². The average molecular weight is 445 g/mol. The second-order valence-corrected chi connectivity index (χ2v) is 7.62. The largest absolute Gasteiger partial charge is 0.325 e. The van der Waals surface area contributed by atoms with E-state index in [2.05, 4.69) is 36.9 Å². The summed E-state index contributed by atoms with van der Waals surface area (Å²) in [6, 6.07) is 12.6. The maximum Gasteiger partial charge on any atom is 0.325 e. The lowest BCUT2D eigenvalue weighted by Crippen LogP contribution is -2.19. The molecular weight excluding hydrogens is 428 g/mol. The molecule has 6 nitrogen and oxygen atoms in total. The highest BCUT2D eigenvalue weighted by Gasteiger charge is 2.13. The molecule has 1 heterocycles. The number of benzene rings is 2. The van der Waals surface area contributed by atoms with Gasteiger partial charge in [0.2, 0.25) is 0 Å². The van der Waals surface area contributed by atoms with Gasteiger partial charge in [-0.1, -0.05) is 28.1 Å². The minimum Gasteiger partial charge on any atom is -0.321 e. The van der Waals surface area contributed by atoms with Gasteiger partial charge in [0.25, 0.3) is 5.91 Å². The van der Waals surface area contributed by atoms with Crippen molar-refractivity contribution in [1.82, 2.24) is 4.98 Å². The number of halogens is 1. The molecule has 3 rings (SSSR count). The Morgan fingerprint density at radius 2 is 1.78 bits per heavy atom. The van der Waals surface area contributed by atoms with Gasteiger partial charge in [0.15, 0.2) is 5.13 Å². The molecular formula is C19H17BrN4O2S. The van der Waals surface area contributed by atoms with Crippen LogP contribution >= 0.6 is 27.3 Å². The third-order valence-electron chi connectivity index (χ3n) is 3.65. The molecule has 0 spiro atoms. The van der Waals surface area contributed by atoms with E-state index in [1.165, 1.54) is 11.3 Å². The predicted molar refractivity (Wildman–Crippen MR) is 113 cm³/mol. The summed E-state index contributed by atoms with van der Waals surface area (Å²) in [6.45, 7) is 3.89. The first-order chi connectivity index (χ1) is 12.9. The Hall–Kier alpha value is -2.71. The van der Waals surface area contributed by atoms with Gasteiger partial charge in [-0.15, -0.1) is 11.3 Å². The molecule has 3 amide bonds. The molecule has 0 aliphatic rings. The Morgan fingerprint density at radius 1 is 1.00 bits per heavy atom. The number of carbonyl (C=O) groups excluding carboxylic acids is 2. The Labute approximate surface area is 169 Å². The number of aryl methyl sites for hydroxylation is 2. The van der Waals surface area contributed by atoms with E-state index in [0.29, 0.717) is 16.5 Å². The molecule has 3 aromatic rings. The minimum atomic E-state index is -0.412. The Morgan fingerprint density at radius 3 is 2.52 bits per heavy atom. The first-order valence-electron chi connectivity index (χ1n) is 8.08. The van der Waals surface area contributed by atoms with Crippen LogP contribution in [0, 0.1) is 13.8 Å². The number of aromatic nitrogens is 1. The molecule has 0 fully saturated rings. The molecule has 2 aromatic carbocycles. The molecule has 0 saturated heterocycles. The quantitative estimate of drug-likeness (QED) is 0.502. The second kappa shape index (κ2) is 8.32. The van der Waals surface area contributed by atoms with Crippen LogP contribution < -0.4 is 16.0 Å². The fourth-order valence-corrected chi connectivity index (χ4v) is 3.27. The zero-order chi connectivity index (χ0) is 19.4. The predicted octanol–water partition coefficient (Wildman–Crippen LogP) is 5.42. The summed E-state index contributed by atoms with van der Waals surface area (Å²) in [4.78, 5) is 28.6. The highest BCUT2D eigenvalue weighted by molar-refractivity contribution is 9.10. The van der Waals surface area contributed by atoms with Crippen molar-refractivity contribution >= 4 is 55.7 Å². The molecule has 8 heteroatoms. The fraction of sp³-hybridized carbons (Fsp3) is 0.105. The van der Waals surface area contributed by atoms with Crippen molar-refractivity contribution in [3.63, 3.8) is 0 Å². The van der Waals surface area contributed by atoms with E-state index in [9.17, 15) is 9.59 Å². The standard InChI is InChI=1S/C19H17BrN4O2S/c1-11-4-3-5-13(8-11)22-18(26)24-19-23-16(10-27-19)17(25)21-14-6-7-15(20)12(2)9-14/h3-10H,1-2H3,(H,21,25)(H2,22,23,24,26). The Balaban J connectivity index is 1.61. The van der Waals surface area contributed by atoms with Gasteiger partial charge in [0.1, 0.15) is 5.69 Å². The summed E-state index contributed by atoms with van der Waals surface area (Å²) < 4.78 is 0.972. The number of hydrogen-bond acceptors (Lipinski definition) is 4. The summed E-state index contributed by atoms with van der Waals surface area (Å²) in [5.41, 5.74) is 3.67. The maximum atomic E-state index is 12.3. The van der Waals surface area contributed by atoms with Crippen LogP contribution in [0.4, 0.5) is 21.3 Å². The highest BCUT2D eigenvalue weighted by atomic mass is 79.9. The van der Waals surface area contributed by atoms with Crippen LogP contribution in [-0.4, -0.2) is 16.9 Å². The van der Waals surface area contributed by atoms with E-state index in [0.717, 1.165) is 15.6 Å². The number of anilines is 3. The molecule has 0 aliphatic carbocycles. The summed E-state index contributed by atoms with van der Waals surface area (Å²) in [5.74, 6) is -0.333. The number of nitrogens with one attached hydrogen (secondary N) is 3. The first kappa shape index (κ1) is 19.1. The summed E-state index contributed by atoms with van der Waals surface area (Å²) >= 11 is 4.61. The monoisotopic (exact) mass is 444 g/mol. The van der Waals surface area contributed by atoms with Crippen molar-refractivity contribution in [2.24, 2.45) is 0 Å². The van der Waals surface area contributed by atoms with Crippen molar-refractivity contribution in [2.75, 3.05) is 16.0 Å². The number of urea groups is 1. The summed E-state index contributed by atoms with van der Waals surface area (Å²) in [6.07, 6.45) is 0. The number of nitrogens with zero attached hydrogens (tertiary/aromatic N) is 1. The third-order valence-corrected chi connectivity index (χ3v) is 5.30. The molecule has 0 saturated carbocycles. The van der Waals surface area contributed by atoms with Crippen molar-refractivity contribution in [3.8, 4) is 0 Å². The van der Waals surface area contributed by atoms with Gasteiger partial charge >= 0.3 is 6.03 Å². The highest BCUT2D eigenvalue weighted by Crippen LogP contribution is 2.21. The van der Waals surface area contributed by atoms with E-state index >= 15 is 0 Å². The van der Waals surface area contributed by atoms with Crippen molar-refractivity contribution in [3.05, 3.63) is 69.1 Å². The molecule has 0 aliphatic heterocycles. The van der Waals surface area contributed by atoms with E-state index in [4.69, 9.17) is 0 Å². The Bertz CT molecular complexity index is 1000. The molecule has 0 radical (unpaired) electrons. The van der Waals surface area contributed by atoms with Gasteiger partial charge in [0, 0.05) is 21.2 Å². The van der Waals surface area contributed by atoms with Crippen molar-refractivity contribution in [2.45, 2.75) is 13.8 Å². The topological polar surface area (TPSA) is 83.1 Å². The molecule has 3 N–H and O–H groups in total. The zero-order valence-electron chi connectivity index (χ0n) is 14.7. The van der Waals surface area contributed by atoms with Crippen LogP contribution in [-0.2, 0) is 0 Å².